The predicted molar refractivity (Wildman–Crippen MR) is 82.9 cm³/mol. The summed E-state index contributed by atoms with van der Waals surface area (Å²) >= 11 is 7.23. The maximum Gasteiger partial charge on any atom is 0.337 e. The van der Waals surface area contributed by atoms with Crippen LogP contribution < -0.4 is 5.32 Å². The first-order valence-electron chi connectivity index (χ1n) is 5.90. The van der Waals surface area contributed by atoms with E-state index in [1.165, 1.54) is 35.6 Å². The van der Waals surface area contributed by atoms with Gasteiger partial charge in [-0.05, 0) is 31.2 Å². The molecule has 2 aromatic rings. The number of carboxylic acids is 1. The number of anilines is 1. The van der Waals surface area contributed by atoms with Crippen LogP contribution in [0.25, 0.3) is 6.08 Å². The summed E-state index contributed by atoms with van der Waals surface area (Å²) in [4.78, 5) is 27.1. The number of carboxylic acid groups (broad SMARTS) is 1. The van der Waals surface area contributed by atoms with E-state index in [0.717, 1.165) is 5.01 Å². The fourth-order valence-corrected chi connectivity index (χ4v) is 2.35. The first-order valence-corrected chi connectivity index (χ1v) is 7.15. The van der Waals surface area contributed by atoms with Crippen LogP contribution in [0.1, 0.15) is 21.1 Å². The molecule has 2 N–H and O–H groups in total. The molecule has 2 rings (SSSR count). The number of halogens is 1. The van der Waals surface area contributed by atoms with Crippen molar-refractivity contribution in [1.82, 2.24) is 4.98 Å². The number of carbonyl (C=O) groups excluding carboxylic acids is 1. The second kappa shape index (κ2) is 6.51. The van der Waals surface area contributed by atoms with Gasteiger partial charge in [0.2, 0.25) is 5.91 Å². The van der Waals surface area contributed by atoms with Gasteiger partial charge in [0.1, 0.15) is 0 Å². The minimum atomic E-state index is -1.16. The molecule has 0 atom stereocenters. The normalized spacial score (nSPS) is 10.8. The van der Waals surface area contributed by atoms with Crippen molar-refractivity contribution >= 4 is 46.6 Å². The van der Waals surface area contributed by atoms with Gasteiger partial charge >= 0.3 is 5.97 Å². The zero-order valence-electron chi connectivity index (χ0n) is 11.0. The maximum absolute atomic E-state index is 11.8. The molecule has 1 heterocycles. The molecular formula is C14H11ClN2O3S. The Kier molecular flexibility index (Phi) is 4.72. The topological polar surface area (TPSA) is 79.3 Å². The molecular weight excluding hydrogens is 312 g/mol. The molecule has 108 valence electrons. The number of aromatic carboxylic acids is 1. The number of carbonyl (C=O) groups is 2. The van der Waals surface area contributed by atoms with Crippen molar-refractivity contribution in [3.05, 3.63) is 50.9 Å². The van der Waals surface area contributed by atoms with Crippen LogP contribution in [0.3, 0.4) is 0 Å². The van der Waals surface area contributed by atoms with Crippen LogP contribution in [0, 0.1) is 6.92 Å². The molecule has 7 heteroatoms. The second-order valence-electron chi connectivity index (χ2n) is 4.11. The van der Waals surface area contributed by atoms with E-state index in [2.05, 4.69) is 10.3 Å². The second-order valence-corrected chi connectivity index (χ2v) is 5.61. The smallest absolute Gasteiger partial charge is 0.337 e. The van der Waals surface area contributed by atoms with E-state index in [0.29, 0.717) is 10.7 Å². The van der Waals surface area contributed by atoms with E-state index in [1.54, 1.807) is 6.08 Å². The molecule has 1 aromatic carbocycles. The number of amides is 1. The molecule has 0 fully saturated rings. The number of aromatic nitrogens is 1. The summed E-state index contributed by atoms with van der Waals surface area (Å²) in [7, 11) is 0. The van der Waals surface area contributed by atoms with Gasteiger partial charge < -0.3 is 10.4 Å². The Labute approximate surface area is 129 Å². The standard InChI is InChI=1S/C14H11ClN2O3S/c1-8-16-10(7-21-8)3-5-13(18)17-12-4-2-9(15)6-11(12)14(19)20/h2-7H,1H3,(H,17,18)(H,19,20)/b5-3+. The van der Waals surface area contributed by atoms with Crippen molar-refractivity contribution in [2.24, 2.45) is 0 Å². The molecule has 5 nitrogen and oxygen atoms in total. The van der Waals surface area contributed by atoms with Gasteiger partial charge in [0, 0.05) is 16.5 Å². The SMILES string of the molecule is Cc1nc(/C=C/C(=O)Nc2ccc(Cl)cc2C(=O)O)cs1. The maximum atomic E-state index is 11.8. The third-order valence-electron chi connectivity index (χ3n) is 2.51. The van der Waals surface area contributed by atoms with Gasteiger partial charge in [0.05, 0.1) is 22.0 Å². The van der Waals surface area contributed by atoms with Gasteiger partial charge in [0.15, 0.2) is 0 Å². The Morgan fingerprint density at radius 3 is 2.81 bits per heavy atom. The zero-order valence-corrected chi connectivity index (χ0v) is 12.5. The lowest BCUT2D eigenvalue weighted by molar-refractivity contribution is -0.111. The van der Waals surface area contributed by atoms with E-state index >= 15 is 0 Å². The van der Waals surface area contributed by atoms with Gasteiger partial charge in [0.25, 0.3) is 0 Å². The highest BCUT2D eigenvalue weighted by molar-refractivity contribution is 7.09. The Morgan fingerprint density at radius 2 is 2.19 bits per heavy atom. The van der Waals surface area contributed by atoms with Gasteiger partial charge in [-0.3, -0.25) is 4.79 Å². The highest BCUT2D eigenvalue weighted by Gasteiger charge is 2.12. The summed E-state index contributed by atoms with van der Waals surface area (Å²) in [6.07, 6.45) is 2.87. The van der Waals surface area contributed by atoms with E-state index in [1.807, 2.05) is 12.3 Å². The summed E-state index contributed by atoms with van der Waals surface area (Å²) in [5.74, 6) is -1.60. The molecule has 0 spiro atoms. The van der Waals surface area contributed by atoms with Crippen LogP contribution in [0.4, 0.5) is 5.69 Å². The minimum Gasteiger partial charge on any atom is -0.478 e. The van der Waals surface area contributed by atoms with Crippen LogP contribution in [0.2, 0.25) is 5.02 Å². The van der Waals surface area contributed by atoms with Crippen molar-refractivity contribution in [2.75, 3.05) is 5.32 Å². The van der Waals surface area contributed by atoms with Crippen LogP contribution >= 0.6 is 22.9 Å². The lowest BCUT2D eigenvalue weighted by atomic mass is 10.2. The zero-order chi connectivity index (χ0) is 15.4. The van der Waals surface area contributed by atoms with E-state index in [4.69, 9.17) is 16.7 Å². The third kappa shape index (κ3) is 4.14. The molecule has 0 saturated heterocycles. The van der Waals surface area contributed by atoms with Crippen LogP contribution in [-0.4, -0.2) is 22.0 Å². The van der Waals surface area contributed by atoms with Gasteiger partial charge in [-0.2, -0.15) is 0 Å². The van der Waals surface area contributed by atoms with E-state index < -0.39 is 11.9 Å². The highest BCUT2D eigenvalue weighted by Crippen LogP contribution is 2.21. The molecule has 0 aliphatic heterocycles. The number of nitrogens with one attached hydrogen (secondary N) is 1. The fraction of sp³-hybridized carbons (Fsp3) is 0.0714. The average molecular weight is 323 g/mol. The number of thiazole rings is 1. The quantitative estimate of drug-likeness (QED) is 0.845. The summed E-state index contributed by atoms with van der Waals surface area (Å²) in [5.41, 5.74) is 0.812. The van der Waals surface area contributed by atoms with Crippen molar-refractivity contribution in [2.45, 2.75) is 6.92 Å². The molecule has 1 aromatic heterocycles. The van der Waals surface area contributed by atoms with E-state index in [9.17, 15) is 9.59 Å². The molecule has 0 unspecified atom stereocenters. The number of nitrogens with zero attached hydrogens (tertiary/aromatic N) is 1. The Balaban J connectivity index is 2.13. The number of hydrogen-bond acceptors (Lipinski definition) is 4. The number of hydrogen-bond donors (Lipinski definition) is 2. The van der Waals surface area contributed by atoms with Crippen LogP contribution in [0.15, 0.2) is 29.7 Å². The first-order chi connectivity index (χ1) is 9.95. The third-order valence-corrected chi connectivity index (χ3v) is 3.54. The number of rotatable bonds is 4. The highest BCUT2D eigenvalue weighted by atomic mass is 35.5. The van der Waals surface area contributed by atoms with Crippen molar-refractivity contribution in [1.29, 1.82) is 0 Å². The summed E-state index contributed by atoms with van der Waals surface area (Å²) in [5, 5.41) is 14.6. The summed E-state index contributed by atoms with van der Waals surface area (Å²) in [6.45, 7) is 1.87. The minimum absolute atomic E-state index is 0.0613. The largest absolute Gasteiger partial charge is 0.478 e. The molecule has 21 heavy (non-hydrogen) atoms. The summed E-state index contributed by atoms with van der Waals surface area (Å²) < 4.78 is 0. The molecule has 0 aliphatic carbocycles. The average Bonchev–Trinajstić information content (AvgIpc) is 2.84. The van der Waals surface area contributed by atoms with Crippen LogP contribution in [0.5, 0.6) is 0 Å². The van der Waals surface area contributed by atoms with Crippen molar-refractivity contribution < 1.29 is 14.7 Å². The van der Waals surface area contributed by atoms with Gasteiger partial charge in [-0.15, -0.1) is 11.3 Å². The molecule has 0 saturated carbocycles. The Hall–Kier alpha value is -2.18. The first kappa shape index (κ1) is 15.2. The molecule has 1 amide bonds. The number of benzene rings is 1. The van der Waals surface area contributed by atoms with Gasteiger partial charge in [-0.1, -0.05) is 11.6 Å². The lowest BCUT2D eigenvalue weighted by Crippen LogP contribution is -2.12. The lowest BCUT2D eigenvalue weighted by Gasteiger charge is -2.06. The Morgan fingerprint density at radius 1 is 1.43 bits per heavy atom. The fourth-order valence-electron chi connectivity index (χ4n) is 1.59. The van der Waals surface area contributed by atoms with Crippen molar-refractivity contribution in [3.63, 3.8) is 0 Å². The van der Waals surface area contributed by atoms with E-state index in [-0.39, 0.29) is 11.3 Å². The van der Waals surface area contributed by atoms with Crippen molar-refractivity contribution in [3.8, 4) is 0 Å². The summed E-state index contributed by atoms with van der Waals surface area (Å²) in [6, 6.07) is 4.24. The monoisotopic (exact) mass is 322 g/mol. The van der Waals surface area contributed by atoms with Gasteiger partial charge in [-0.25, -0.2) is 9.78 Å². The molecule has 0 bridgehead atoms. The number of aryl methyl sites for hydroxylation is 1. The predicted octanol–water partition coefficient (Wildman–Crippen LogP) is 3.46. The molecule has 0 radical (unpaired) electrons. The Bertz CT molecular complexity index is 725. The molecule has 0 aliphatic rings. The van der Waals surface area contributed by atoms with Crippen LogP contribution in [-0.2, 0) is 4.79 Å².